The maximum Gasteiger partial charge on any atom is 0.161 e. The molecule has 3 rings (SSSR count). The van der Waals surface area contributed by atoms with Gasteiger partial charge >= 0.3 is 0 Å². The maximum atomic E-state index is 6.32. The summed E-state index contributed by atoms with van der Waals surface area (Å²) >= 11 is 0. The Hall–Kier alpha value is -3.08. The Labute approximate surface area is 142 Å². The Bertz CT molecular complexity index is 825. The Kier molecular flexibility index (Phi) is 4.33. The number of hydrogen-bond donors (Lipinski definition) is 2. The van der Waals surface area contributed by atoms with Crippen molar-refractivity contribution in [1.82, 2.24) is 9.97 Å². The first kappa shape index (κ1) is 15.8. The highest BCUT2D eigenvalue weighted by Gasteiger charge is 2.13. The molecule has 24 heavy (non-hydrogen) atoms. The standard InChI is InChI=1S/C19H21N5/c1-13-9-14(2)11-15(10-13)23-18-17(20)19(22-12-21-18)24(3)16-7-5-4-6-8-16/h4-12H,20H2,1-3H3,(H,21,22,23). The highest BCUT2D eigenvalue weighted by Crippen LogP contribution is 2.32. The summed E-state index contributed by atoms with van der Waals surface area (Å²) in [5.74, 6) is 1.27. The number of rotatable bonds is 4. The Morgan fingerprint density at radius 2 is 1.62 bits per heavy atom. The van der Waals surface area contributed by atoms with Crippen LogP contribution >= 0.6 is 0 Å². The van der Waals surface area contributed by atoms with Crippen LogP contribution in [0.5, 0.6) is 0 Å². The number of benzene rings is 2. The summed E-state index contributed by atoms with van der Waals surface area (Å²) in [6, 6.07) is 16.2. The number of nitrogens with two attached hydrogens (primary N) is 1. The van der Waals surface area contributed by atoms with E-state index < -0.39 is 0 Å². The minimum Gasteiger partial charge on any atom is -0.393 e. The third kappa shape index (κ3) is 3.30. The van der Waals surface area contributed by atoms with Crippen molar-refractivity contribution in [2.24, 2.45) is 0 Å². The Morgan fingerprint density at radius 1 is 0.958 bits per heavy atom. The van der Waals surface area contributed by atoms with Crippen LogP contribution in [0.3, 0.4) is 0 Å². The van der Waals surface area contributed by atoms with E-state index in [1.165, 1.54) is 17.5 Å². The van der Waals surface area contributed by atoms with Gasteiger partial charge in [-0.1, -0.05) is 24.3 Å². The number of anilines is 5. The van der Waals surface area contributed by atoms with E-state index in [1.807, 2.05) is 42.3 Å². The van der Waals surface area contributed by atoms with Crippen molar-refractivity contribution in [2.45, 2.75) is 13.8 Å². The second kappa shape index (κ2) is 6.58. The summed E-state index contributed by atoms with van der Waals surface area (Å²) < 4.78 is 0. The molecule has 0 aliphatic heterocycles. The van der Waals surface area contributed by atoms with Gasteiger partial charge < -0.3 is 16.0 Å². The number of nitrogens with zero attached hydrogens (tertiary/aromatic N) is 3. The van der Waals surface area contributed by atoms with Gasteiger partial charge in [0.15, 0.2) is 11.6 Å². The van der Waals surface area contributed by atoms with Crippen LogP contribution in [-0.4, -0.2) is 17.0 Å². The molecule has 1 aromatic heterocycles. The highest BCUT2D eigenvalue weighted by molar-refractivity contribution is 5.81. The lowest BCUT2D eigenvalue weighted by Crippen LogP contribution is -2.15. The number of hydrogen-bond acceptors (Lipinski definition) is 5. The summed E-state index contributed by atoms with van der Waals surface area (Å²) in [5, 5.41) is 3.30. The summed E-state index contributed by atoms with van der Waals surface area (Å²) in [5.41, 5.74) is 11.2. The molecule has 2 aromatic carbocycles. The molecule has 0 saturated carbocycles. The van der Waals surface area contributed by atoms with Gasteiger partial charge in [0.05, 0.1) is 0 Å². The average molecular weight is 319 g/mol. The van der Waals surface area contributed by atoms with Crippen molar-refractivity contribution in [3.8, 4) is 0 Å². The van der Waals surface area contributed by atoms with Crippen molar-refractivity contribution in [3.05, 3.63) is 66.0 Å². The molecule has 0 bridgehead atoms. The van der Waals surface area contributed by atoms with Gasteiger partial charge in [0, 0.05) is 18.4 Å². The summed E-state index contributed by atoms with van der Waals surface area (Å²) in [4.78, 5) is 10.6. The van der Waals surface area contributed by atoms with Gasteiger partial charge in [-0.25, -0.2) is 9.97 Å². The predicted molar refractivity (Wildman–Crippen MR) is 100 cm³/mol. The zero-order valence-corrected chi connectivity index (χ0v) is 14.1. The van der Waals surface area contributed by atoms with Crippen LogP contribution in [0.4, 0.5) is 28.7 Å². The average Bonchev–Trinajstić information content (AvgIpc) is 2.56. The number of aryl methyl sites for hydroxylation is 2. The minimum absolute atomic E-state index is 0.517. The first-order chi connectivity index (χ1) is 11.5. The first-order valence-electron chi connectivity index (χ1n) is 7.79. The van der Waals surface area contributed by atoms with Crippen LogP contribution in [0.1, 0.15) is 11.1 Å². The smallest absolute Gasteiger partial charge is 0.161 e. The van der Waals surface area contributed by atoms with E-state index in [0.717, 1.165) is 11.4 Å². The quantitative estimate of drug-likeness (QED) is 0.755. The molecule has 3 aromatic rings. The zero-order valence-electron chi connectivity index (χ0n) is 14.1. The lowest BCUT2D eigenvalue weighted by Gasteiger charge is -2.21. The van der Waals surface area contributed by atoms with Crippen molar-refractivity contribution < 1.29 is 0 Å². The largest absolute Gasteiger partial charge is 0.393 e. The number of nitrogens with one attached hydrogen (secondary N) is 1. The molecule has 0 fully saturated rings. The van der Waals surface area contributed by atoms with Gasteiger partial charge in [0.2, 0.25) is 0 Å². The lowest BCUT2D eigenvalue weighted by atomic mass is 10.1. The van der Waals surface area contributed by atoms with E-state index in [0.29, 0.717) is 17.3 Å². The molecular weight excluding hydrogens is 298 g/mol. The summed E-state index contributed by atoms with van der Waals surface area (Å²) in [6.07, 6.45) is 1.52. The van der Waals surface area contributed by atoms with Crippen molar-refractivity contribution in [3.63, 3.8) is 0 Å². The molecule has 0 aliphatic rings. The van der Waals surface area contributed by atoms with Crippen LogP contribution in [-0.2, 0) is 0 Å². The summed E-state index contributed by atoms with van der Waals surface area (Å²) in [6.45, 7) is 4.13. The van der Waals surface area contributed by atoms with Gasteiger partial charge in [0.25, 0.3) is 0 Å². The Morgan fingerprint density at radius 3 is 2.29 bits per heavy atom. The third-order valence-electron chi connectivity index (χ3n) is 3.81. The molecule has 1 heterocycles. The number of para-hydroxylation sites is 1. The van der Waals surface area contributed by atoms with Crippen molar-refractivity contribution >= 4 is 28.7 Å². The number of aromatic nitrogens is 2. The third-order valence-corrected chi connectivity index (χ3v) is 3.81. The first-order valence-corrected chi connectivity index (χ1v) is 7.79. The molecule has 5 heteroatoms. The SMILES string of the molecule is Cc1cc(C)cc(Nc2ncnc(N(C)c3ccccc3)c2N)c1. The van der Waals surface area contributed by atoms with E-state index in [9.17, 15) is 0 Å². The normalized spacial score (nSPS) is 10.5. The molecule has 122 valence electrons. The highest BCUT2D eigenvalue weighted by atomic mass is 15.2. The van der Waals surface area contributed by atoms with Crippen LogP contribution in [0, 0.1) is 13.8 Å². The molecule has 0 atom stereocenters. The van der Waals surface area contributed by atoms with Gasteiger partial charge in [0.1, 0.15) is 12.0 Å². The predicted octanol–water partition coefficient (Wildman–Crippen LogP) is 4.19. The van der Waals surface area contributed by atoms with E-state index >= 15 is 0 Å². The van der Waals surface area contributed by atoms with E-state index in [4.69, 9.17) is 5.73 Å². The zero-order chi connectivity index (χ0) is 17.1. The van der Waals surface area contributed by atoms with Gasteiger partial charge in [-0.2, -0.15) is 0 Å². The molecule has 5 nitrogen and oxygen atoms in total. The molecule has 0 aliphatic carbocycles. The molecule has 0 unspecified atom stereocenters. The minimum atomic E-state index is 0.517. The van der Waals surface area contributed by atoms with Gasteiger partial charge in [-0.3, -0.25) is 0 Å². The van der Waals surface area contributed by atoms with Crippen LogP contribution < -0.4 is 16.0 Å². The van der Waals surface area contributed by atoms with E-state index in [-0.39, 0.29) is 0 Å². The van der Waals surface area contributed by atoms with Gasteiger partial charge in [-0.15, -0.1) is 0 Å². The lowest BCUT2D eigenvalue weighted by molar-refractivity contribution is 1.09. The second-order valence-corrected chi connectivity index (χ2v) is 5.86. The number of nitrogen functional groups attached to an aromatic ring is 1. The fraction of sp³-hybridized carbons (Fsp3) is 0.158. The summed E-state index contributed by atoms with van der Waals surface area (Å²) in [7, 11) is 1.94. The fourth-order valence-electron chi connectivity index (χ4n) is 2.71. The van der Waals surface area contributed by atoms with E-state index in [2.05, 4.69) is 47.3 Å². The van der Waals surface area contributed by atoms with Crippen molar-refractivity contribution in [2.75, 3.05) is 23.0 Å². The molecule has 0 saturated heterocycles. The van der Waals surface area contributed by atoms with Crippen LogP contribution in [0.2, 0.25) is 0 Å². The Balaban J connectivity index is 1.93. The van der Waals surface area contributed by atoms with Crippen molar-refractivity contribution in [1.29, 1.82) is 0 Å². The molecule has 3 N–H and O–H groups in total. The monoisotopic (exact) mass is 319 g/mol. The fourth-order valence-corrected chi connectivity index (χ4v) is 2.71. The molecule has 0 amide bonds. The molecule has 0 spiro atoms. The second-order valence-electron chi connectivity index (χ2n) is 5.86. The molecular formula is C19H21N5. The van der Waals surface area contributed by atoms with Crippen LogP contribution in [0.15, 0.2) is 54.9 Å². The molecule has 0 radical (unpaired) electrons. The van der Waals surface area contributed by atoms with Gasteiger partial charge in [-0.05, 0) is 49.2 Å². The maximum absolute atomic E-state index is 6.32. The van der Waals surface area contributed by atoms with E-state index in [1.54, 1.807) is 0 Å². The van der Waals surface area contributed by atoms with Crippen LogP contribution in [0.25, 0.3) is 0 Å². The topological polar surface area (TPSA) is 67.1 Å².